The lowest BCUT2D eigenvalue weighted by atomic mass is 10.3. The Morgan fingerprint density at radius 1 is 0.640 bits per heavy atom. The quantitative estimate of drug-likeness (QED) is 0.496. The van der Waals surface area contributed by atoms with Gasteiger partial charge in [-0.25, -0.2) is 0 Å². The third-order valence-corrected chi connectivity index (χ3v) is 4.39. The minimum Gasteiger partial charge on any atom is -0.426 e. The summed E-state index contributed by atoms with van der Waals surface area (Å²) in [5.41, 5.74) is 0. The third kappa shape index (κ3) is 5.29. The second kappa shape index (κ2) is 8.26. The van der Waals surface area contributed by atoms with E-state index in [0.29, 0.717) is 11.5 Å². The van der Waals surface area contributed by atoms with E-state index >= 15 is 0 Å². The minimum atomic E-state index is -0.327. The molecule has 2 aromatic carbocycles. The number of carbonyl (C=O) groups is 2. The standard InChI is InChI=1S/C20H16O4S/c21-19(23-15-7-3-1-4-8-15)13-17-11-12-18(25-17)14-20(22)24-16-9-5-2-6-10-16/h1-12H,13-14H2. The molecule has 0 aliphatic carbocycles. The number of ether oxygens (including phenoxy) is 2. The Hall–Kier alpha value is -2.92. The van der Waals surface area contributed by atoms with Gasteiger partial charge < -0.3 is 9.47 Å². The molecule has 0 N–H and O–H groups in total. The fourth-order valence-corrected chi connectivity index (χ4v) is 3.20. The fraction of sp³-hybridized carbons (Fsp3) is 0.100. The van der Waals surface area contributed by atoms with Crippen LogP contribution in [0, 0.1) is 0 Å². The molecule has 0 spiro atoms. The zero-order valence-corrected chi connectivity index (χ0v) is 14.2. The summed E-state index contributed by atoms with van der Waals surface area (Å²) in [6.07, 6.45) is 0.348. The molecule has 25 heavy (non-hydrogen) atoms. The molecule has 0 radical (unpaired) electrons. The molecule has 0 fully saturated rings. The van der Waals surface area contributed by atoms with Gasteiger partial charge in [-0.15, -0.1) is 11.3 Å². The van der Waals surface area contributed by atoms with Crippen molar-refractivity contribution < 1.29 is 19.1 Å². The van der Waals surface area contributed by atoms with Crippen LogP contribution in [0.25, 0.3) is 0 Å². The highest BCUT2D eigenvalue weighted by Gasteiger charge is 2.12. The Balaban J connectivity index is 1.52. The molecule has 126 valence electrons. The topological polar surface area (TPSA) is 52.6 Å². The highest BCUT2D eigenvalue weighted by Crippen LogP contribution is 2.20. The molecule has 1 heterocycles. The molecule has 0 aliphatic rings. The maximum atomic E-state index is 11.9. The van der Waals surface area contributed by atoms with Gasteiger partial charge >= 0.3 is 11.9 Å². The maximum absolute atomic E-state index is 11.9. The fourth-order valence-electron chi connectivity index (χ4n) is 2.21. The molecule has 3 rings (SSSR count). The largest absolute Gasteiger partial charge is 0.426 e. The summed E-state index contributed by atoms with van der Waals surface area (Å²) in [6.45, 7) is 0. The van der Waals surface area contributed by atoms with E-state index in [1.807, 2.05) is 48.5 Å². The zero-order chi connectivity index (χ0) is 17.5. The Bertz CT molecular complexity index is 770. The SMILES string of the molecule is O=C(Cc1ccc(CC(=O)Oc2ccccc2)s1)Oc1ccccc1. The van der Waals surface area contributed by atoms with Gasteiger partial charge in [0.25, 0.3) is 0 Å². The van der Waals surface area contributed by atoms with Crippen molar-refractivity contribution >= 4 is 23.3 Å². The van der Waals surface area contributed by atoms with Crippen molar-refractivity contribution in [2.24, 2.45) is 0 Å². The number of benzene rings is 2. The number of rotatable bonds is 6. The predicted molar refractivity (Wildman–Crippen MR) is 95.9 cm³/mol. The molecular formula is C20H16O4S. The van der Waals surface area contributed by atoms with Crippen LogP contribution in [-0.2, 0) is 22.4 Å². The Morgan fingerprint density at radius 3 is 1.44 bits per heavy atom. The van der Waals surface area contributed by atoms with Crippen LogP contribution < -0.4 is 9.47 Å². The van der Waals surface area contributed by atoms with Crippen LogP contribution in [0.15, 0.2) is 72.8 Å². The molecule has 3 aromatic rings. The van der Waals surface area contributed by atoms with Crippen molar-refractivity contribution in [2.75, 3.05) is 0 Å². The number of thiophene rings is 1. The van der Waals surface area contributed by atoms with Crippen LogP contribution in [0.3, 0.4) is 0 Å². The van der Waals surface area contributed by atoms with Crippen LogP contribution >= 0.6 is 11.3 Å². The lowest BCUT2D eigenvalue weighted by Crippen LogP contribution is -2.10. The van der Waals surface area contributed by atoms with Crippen LogP contribution in [0.2, 0.25) is 0 Å². The van der Waals surface area contributed by atoms with Crippen molar-refractivity contribution in [2.45, 2.75) is 12.8 Å². The Kier molecular flexibility index (Phi) is 5.59. The average Bonchev–Trinajstić information content (AvgIpc) is 3.03. The van der Waals surface area contributed by atoms with Crippen molar-refractivity contribution in [3.63, 3.8) is 0 Å². The van der Waals surface area contributed by atoms with Gasteiger partial charge in [0.2, 0.25) is 0 Å². The van der Waals surface area contributed by atoms with Crippen molar-refractivity contribution in [1.82, 2.24) is 0 Å². The number of carbonyl (C=O) groups excluding carboxylic acids is 2. The van der Waals surface area contributed by atoms with Crippen LogP contribution in [0.5, 0.6) is 11.5 Å². The van der Waals surface area contributed by atoms with Gasteiger partial charge in [0.1, 0.15) is 11.5 Å². The first kappa shape index (κ1) is 16.9. The lowest BCUT2D eigenvalue weighted by molar-refractivity contribution is -0.134. The maximum Gasteiger partial charge on any atom is 0.316 e. The van der Waals surface area contributed by atoms with Crippen LogP contribution in [-0.4, -0.2) is 11.9 Å². The zero-order valence-electron chi connectivity index (χ0n) is 13.4. The summed E-state index contributed by atoms with van der Waals surface area (Å²) in [4.78, 5) is 25.6. The van der Waals surface area contributed by atoms with E-state index in [-0.39, 0.29) is 24.8 Å². The summed E-state index contributed by atoms with van der Waals surface area (Å²) < 4.78 is 10.5. The van der Waals surface area contributed by atoms with E-state index in [2.05, 4.69) is 0 Å². The Morgan fingerprint density at radius 2 is 1.04 bits per heavy atom. The first-order chi connectivity index (χ1) is 12.2. The van der Waals surface area contributed by atoms with E-state index in [4.69, 9.17) is 9.47 Å². The molecule has 0 aliphatic heterocycles. The van der Waals surface area contributed by atoms with Gasteiger partial charge in [0.15, 0.2) is 0 Å². The molecule has 0 saturated carbocycles. The van der Waals surface area contributed by atoms with Crippen LogP contribution in [0.1, 0.15) is 9.75 Å². The molecule has 4 nitrogen and oxygen atoms in total. The van der Waals surface area contributed by atoms with E-state index in [9.17, 15) is 9.59 Å². The lowest BCUT2D eigenvalue weighted by Gasteiger charge is -2.03. The number of hydrogen-bond acceptors (Lipinski definition) is 5. The smallest absolute Gasteiger partial charge is 0.316 e. The predicted octanol–water partition coefficient (Wildman–Crippen LogP) is 4.04. The molecule has 1 aromatic heterocycles. The highest BCUT2D eigenvalue weighted by molar-refractivity contribution is 7.12. The van der Waals surface area contributed by atoms with Crippen molar-refractivity contribution in [3.8, 4) is 11.5 Å². The first-order valence-electron chi connectivity index (χ1n) is 7.78. The number of esters is 2. The summed E-state index contributed by atoms with van der Waals surface area (Å²) in [5, 5.41) is 0. The summed E-state index contributed by atoms with van der Waals surface area (Å²) in [7, 11) is 0. The van der Waals surface area contributed by atoms with Gasteiger partial charge in [-0.1, -0.05) is 36.4 Å². The Labute approximate surface area is 149 Å². The van der Waals surface area contributed by atoms with Crippen molar-refractivity contribution in [3.05, 3.63) is 82.6 Å². The molecule has 0 bridgehead atoms. The highest BCUT2D eigenvalue weighted by atomic mass is 32.1. The third-order valence-electron chi connectivity index (χ3n) is 3.30. The molecule has 0 unspecified atom stereocenters. The van der Waals surface area contributed by atoms with Gasteiger partial charge in [0, 0.05) is 9.75 Å². The van der Waals surface area contributed by atoms with E-state index in [1.165, 1.54) is 11.3 Å². The van der Waals surface area contributed by atoms with Crippen molar-refractivity contribution in [1.29, 1.82) is 0 Å². The first-order valence-corrected chi connectivity index (χ1v) is 8.60. The summed E-state index contributed by atoms with van der Waals surface area (Å²) in [6, 6.07) is 21.6. The second-order valence-corrected chi connectivity index (χ2v) is 6.55. The van der Waals surface area contributed by atoms with E-state index < -0.39 is 0 Å². The van der Waals surface area contributed by atoms with Gasteiger partial charge in [-0.2, -0.15) is 0 Å². The monoisotopic (exact) mass is 352 g/mol. The number of para-hydroxylation sites is 2. The van der Waals surface area contributed by atoms with E-state index in [1.54, 1.807) is 24.3 Å². The normalized spacial score (nSPS) is 10.2. The van der Waals surface area contributed by atoms with Gasteiger partial charge in [0.05, 0.1) is 12.8 Å². The number of hydrogen-bond donors (Lipinski definition) is 0. The summed E-state index contributed by atoms with van der Waals surface area (Å²) >= 11 is 1.41. The molecule has 0 amide bonds. The minimum absolute atomic E-state index is 0.174. The van der Waals surface area contributed by atoms with Gasteiger partial charge in [-0.3, -0.25) is 9.59 Å². The molecule has 0 saturated heterocycles. The second-order valence-electron chi connectivity index (χ2n) is 5.30. The van der Waals surface area contributed by atoms with E-state index in [0.717, 1.165) is 9.75 Å². The summed E-state index contributed by atoms with van der Waals surface area (Å²) in [5.74, 6) is 0.393. The molecule has 5 heteroatoms. The van der Waals surface area contributed by atoms with Gasteiger partial charge in [-0.05, 0) is 36.4 Å². The molecule has 0 atom stereocenters. The molecular weight excluding hydrogens is 336 g/mol. The van der Waals surface area contributed by atoms with Crippen LogP contribution in [0.4, 0.5) is 0 Å². The average molecular weight is 352 g/mol.